The highest BCUT2D eigenvalue weighted by Gasteiger charge is 2.24. The number of hydrogen-bond acceptors (Lipinski definition) is 3. The van der Waals surface area contributed by atoms with Crippen LogP contribution in [0.2, 0.25) is 5.02 Å². The highest BCUT2D eigenvalue weighted by Crippen LogP contribution is 2.28. The summed E-state index contributed by atoms with van der Waals surface area (Å²) >= 11 is 6.59. The van der Waals surface area contributed by atoms with Gasteiger partial charge in [-0.1, -0.05) is 52.3 Å². The maximum Gasteiger partial charge on any atom is 0.337 e. The average molecular weight is 417 g/mol. The second-order valence-electron chi connectivity index (χ2n) is 7.74. The molecule has 2 aromatic heterocycles. The molecule has 2 heterocycles. The van der Waals surface area contributed by atoms with Crippen LogP contribution >= 0.6 is 11.6 Å². The smallest absolute Gasteiger partial charge is 0.319 e. The van der Waals surface area contributed by atoms with E-state index < -0.39 is 5.69 Å². The van der Waals surface area contributed by atoms with Gasteiger partial charge in [0.05, 0.1) is 10.7 Å². The predicted molar refractivity (Wildman–Crippen MR) is 119 cm³/mol. The summed E-state index contributed by atoms with van der Waals surface area (Å²) in [5.41, 5.74) is 1.69. The lowest BCUT2D eigenvalue weighted by Crippen LogP contribution is -2.38. The first kappa shape index (κ1) is 21.4. The Morgan fingerprint density at radius 2 is 1.76 bits per heavy atom. The quantitative estimate of drug-likeness (QED) is 0.590. The van der Waals surface area contributed by atoms with Crippen molar-refractivity contribution in [3.8, 4) is 5.69 Å². The van der Waals surface area contributed by atoms with Crippen molar-refractivity contribution in [1.29, 1.82) is 0 Å². The van der Waals surface area contributed by atoms with E-state index in [-0.39, 0.29) is 11.6 Å². The molecule has 0 N–H and O–H groups in total. The fraction of sp³-hybridized carbons (Fsp3) is 0.500. The minimum atomic E-state index is -0.446. The molecule has 3 rings (SSSR count). The molecule has 0 aliphatic heterocycles. The predicted octanol–water partition coefficient (Wildman–Crippen LogP) is 4.59. The van der Waals surface area contributed by atoms with Gasteiger partial charge in [0.15, 0.2) is 11.2 Å². The molecule has 156 valence electrons. The van der Waals surface area contributed by atoms with Crippen LogP contribution in [0, 0.1) is 0 Å². The fourth-order valence-electron chi connectivity index (χ4n) is 3.88. The number of aryl methyl sites for hydroxylation is 1. The summed E-state index contributed by atoms with van der Waals surface area (Å²) in [5.74, 6) is 1.12. The van der Waals surface area contributed by atoms with Gasteiger partial charge in [-0.3, -0.25) is 9.36 Å². The molecule has 0 amide bonds. The largest absolute Gasteiger partial charge is 0.337 e. The van der Waals surface area contributed by atoms with Crippen LogP contribution in [-0.4, -0.2) is 18.7 Å². The van der Waals surface area contributed by atoms with E-state index in [0.29, 0.717) is 34.2 Å². The number of aromatic nitrogens is 4. The fourth-order valence-corrected chi connectivity index (χ4v) is 4.16. The summed E-state index contributed by atoms with van der Waals surface area (Å²) in [5, 5.41) is 0.466. The average Bonchev–Trinajstić information content (AvgIpc) is 3.07. The number of rotatable bonds is 6. The van der Waals surface area contributed by atoms with Crippen LogP contribution < -0.4 is 11.2 Å². The molecule has 0 bridgehead atoms. The van der Waals surface area contributed by atoms with Crippen molar-refractivity contribution in [1.82, 2.24) is 18.7 Å². The molecule has 0 radical (unpaired) electrons. The van der Waals surface area contributed by atoms with Gasteiger partial charge in [0, 0.05) is 19.5 Å². The molecule has 0 unspecified atom stereocenters. The van der Waals surface area contributed by atoms with Crippen LogP contribution in [0.1, 0.15) is 70.8 Å². The molecule has 0 aliphatic rings. The van der Waals surface area contributed by atoms with Crippen LogP contribution in [0.3, 0.4) is 0 Å². The standard InChI is InChI=1S/C22H29ClN4O2/c1-7-15(8-2)26-18(9-3)24-20-19(26)21(28)25(6)22(29)27(20)17-11-10-14(13(4)5)12-16(17)23/h10-13,15H,7-9H2,1-6H3. The van der Waals surface area contributed by atoms with Gasteiger partial charge in [-0.05, 0) is 36.5 Å². The minimum absolute atomic E-state index is 0.146. The molecule has 0 aliphatic carbocycles. The lowest BCUT2D eigenvalue weighted by Gasteiger charge is -2.18. The Morgan fingerprint density at radius 3 is 2.28 bits per heavy atom. The first-order valence-corrected chi connectivity index (χ1v) is 10.7. The van der Waals surface area contributed by atoms with Crippen molar-refractivity contribution >= 4 is 22.8 Å². The molecular formula is C22H29ClN4O2. The maximum atomic E-state index is 13.1. The number of hydrogen-bond donors (Lipinski definition) is 0. The number of halogens is 1. The topological polar surface area (TPSA) is 61.8 Å². The van der Waals surface area contributed by atoms with Crippen molar-refractivity contribution in [2.24, 2.45) is 7.05 Å². The zero-order chi connectivity index (χ0) is 21.5. The van der Waals surface area contributed by atoms with Gasteiger partial charge in [-0.15, -0.1) is 0 Å². The van der Waals surface area contributed by atoms with Crippen LogP contribution in [0.4, 0.5) is 0 Å². The van der Waals surface area contributed by atoms with Crippen molar-refractivity contribution < 1.29 is 0 Å². The Balaban J connectivity index is 2.47. The molecule has 7 heteroatoms. The van der Waals surface area contributed by atoms with Gasteiger partial charge in [0.1, 0.15) is 5.82 Å². The van der Waals surface area contributed by atoms with Crippen LogP contribution in [0.25, 0.3) is 16.9 Å². The van der Waals surface area contributed by atoms with E-state index in [2.05, 4.69) is 27.7 Å². The molecule has 6 nitrogen and oxygen atoms in total. The maximum absolute atomic E-state index is 13.1. The van der Waals surface area contributed by atoms with E-state index in [1.165, 1.54) is 11.6 Å². The van der Waals surface area contributed by atoms with Crippen molar-refractivity contribution in [3.05, 3.63) is 55.4 Å². The molecule has 29 heavy (non-hydrogen) atoms. The Labute approximate surface area is 175 Å². The molecule has 0 saturated heterocycles. The summed E-state index contributed by atoms with van der Waals surface area (Å²) in [6.07, 6.45) is 2.42. The normalized spacial score (nSPS) is 11.9. The first-order chi connectivity index (χ1) is 13.8. The zero-order valence-corrected chi connectivity index (χ0v) is 18.7. The molecule has 1 aromatic carbocycles. The Morgan fingerprint density at radius 1 is 1.10 bits per heavy atom. The van der Waals surface area contributed by atoms with Crippen molar-refractivity contribution in [2.75, 3.05) is 0 Å². The Kier molecular flexibility index (Phi) is 6.03. The van der Waals surface area contributed by atoms with Gasteiger partial charge in [-0.25, -0.2) is 14.3 Å². The summed E-state index contributed by atoms with van der Waals surface area (Å²) in [6.45, 7) is 10.4. The molecule has 3 aromatic rings. The van der Waals surface area contributed by atoms with Gasteiger partial charge < -0.3 is 4.57 Å². The first-order valence-electron chi connectivity index (χ1n) is 10.3. The Bertz CT molecular complexity index is 1170. The second kappa shape index (κ2) is 8.19. The highest BCUT2D eigenvalue weighted by atomic mass is 35.5. The molecule has 0 atom stereocenters. The van der Waals surface area contributed by atoms with E-state index in [1.807, 2.05) is 29.7 Å². The van der Waals surface area contributed by atoms with Gasteiger partial charge in [0.25, 0.3) is 5.56 Å². The second-order valence-corrected chi connectivity index (χ2v) is 8.15. The van der Waals surface area contributed by atoms with Crippen LogP contribution in [0.15, 0.2) is 27.8 Å². The third kappa shape index (κ3) is 3.44. The zero-order valence-electron chi connectivity index (χ0n) is 18.0. The van der Waals surface area contributed by atoms with E-state index in [1.54, 1.807) is 0 Å². The minimum Gasteiger partial charge on any atom is -0.319 e. The van der Waals surface area contributed by atoms with E-state index in [4.69, 9.17) is 16.6 Å². The number of imidazole rings is 1. The highest BCUT2D eigenvalue weighted by molar-refractivity contribution is 6.32. The molecular weight excluding hydrogens is 388 g/mol. The third-order valence-corrected chi connectivity index (χ3v) is 5.97. The van der Waals surface area contributed by atoms with Crippen LogP contribution in [-0.2, 0) is 13.5 Å². The van der Waals surface area contributed by atoms with E-state index in [0.717, 1.165) is 28.8 Å². The van der Waals surface area contributed by atoms with Crippen molar-refractivity contribution in [2.45, 2.75) is 65.8 Å². The Hall–Kier alpha value is -2.34. The summed E-state index contributed by atoms with van der Waals surface area (Å²) < 4.78 is 4.64. The summed E-state index contributed by atoms with van der Waals surface area (Å²) in [4.78, 5) is 31.0. The number of fused-ring (bicyclic) bond motifs is 1. The third-order valence-electron chi connectivity index (χ3n) is 5.67. The lowest BCUT2D eigenvalue weighted by atomic mass is 10.0. The number of nitrogens with zero attached hydrogens (tertiary/aromatic N) is 4. The number of benzene rings is 1. The molecule has 0 saturated carbocycles. The summed E-state index contributed by atoms with van der Waals surface area (Å²) in [7, 11) is 1.51. The lowest BCUT2D eigenvalue weighted by molar-refractivity contribution is 0.466. The SMILES string of the molecule is CCc1nc2c(c(=O)n(C)c(=O)n2-c2ccc(C(C)C)cc2Cl)n1C(CC)CC. The van der Waals surface area contributed by atoms with Crippen molar-refractivity contribution in [3.63, 3.8) is 0 Å². The molecule has 0 spiro atoms. The van der Waals surface area contributed by atoms with Gasteiger partial charge in [-0.2, -0.15) is 0 Å². The molecule has 0 fully saturated rings. The van der Waals surface area contributed by atoms with E-state index >= 15 is 0 Å². The monoisotopic (exact) mass is 416 g/mol. The summed E-state index contributed by atoms with van der Waals surface area (Å²) in [6, 6.07) is 5.83. The van der Waals surface area contributed by atoms with Gasteiger partial charge in [0.2, 0.25) is 0 Å². The van der Waals surface area contributed by atoms with E-state index in [9.17, 15) is 9.59 Å². The van der Waals surface area contributed by atoms with Gasteiger partial charge >= 0.3 is 5.69 Å². The van der Waals surface area contributed by atoms with Crippen LogP contribution in [0.5, 0.6) is 0 Å².